The number of nitrogens with one attached hydrogen (secondary N) is 4. The summed E-state index contributed by atoms with van der Waals surface area (Å²) in [6.07, 6.45) is 1.97. The molecule has 0 fully saturated rings. The molecule has 0 saturated carbocycles. The summed E-state index contributed by atoms with van der Waals surface area (Å²) in [6, 6.07) is 24.6. The first-order valence-electron chi connectivity index (χ1n) is 19.5. The Labute approximate surface area is 352 Å². The van der Waals surface area contributed by atoms with Crippen molar-refractivity contribution in [3.05, 3.63) is 129 Å². The zero-order valence-electron chi connectivity index (χ0n) is 34.3. The average Bonchev–Trinajstić information content (AvgIpc) is 3.24. The highest BCUT2D eigenvalue weighted by molar-refractivity contribution is 6.02. The summed E-state index contributed by atoms with van der Waals surface area (Å²) in [5.74, 6) is -2.52. The molecule has 2 aromatic heterocycles. The number of hydrogen-bond acceptors (Lipinski definition) is 14. The number of benzene rings is 3. The van der Waals surface area contributed by atoms with Crippen LogP contribution >= 0.6 is 0 Å². The molecule has 0 spiro atoms. The molecule has 0 bridgehead atoms. The quantitative estimate of drug-likeness (QED) is 0.0337. The maximum atomic E-state index is 12.8. The van der Waals surface area contributed by atoms with E-state index in [-0.39, 0.29) is 67.9 Å². The minimum absolute atomic E-state index is 0.0130. The maximum absolute atomic E-state index is 12.8. The Morgan fingerprint density at radius 1 is 0.902 bits per heavy atom. The van der Waals surface area contributed by atoms with Gasteiger partial charge in [-0.1, -0.05) is 60.7 Å². The number of nitrogen functional groups attached to an aromatic ring is 1. The number of carbonyl (C=O) groups is 4. The van der Waals surface area contributed by atoms with Crippen LogP contribution in [-0.4, -0.2) is 86.9 Å². The van der Waals surface area contributed by atoms with Crippen molar-refractivity contribution >= 4 is 52.1 Å². The highest BCUT2D eigenvalue weighted by atomic mass is 16.5. The number of amides is 2. The fourth-order valence-corrected chi connectivity index (χ4v) is 5.83. The molecular formula is C43H52N10O8. The summed E-state index contributed by atoms with van der Waals surface area (Å²) in [7, 11) is 0. The van der Waals surface area contributed by atoms with Gasteiger partial charge in [-0.25, -0.2) is 19.6 Å². The smallest absolute Gasteiger partial charge is 0.335 e. The molecule has 61 heavy (non-hydrogen) atoms. The number of ether oxygens (including phenoxy) is 2. The highest BCUT2D eigenvalue weighted by Gasteiger charge is 2.23. The highest BCUT2D eigenvalue weighted by Crippen LogP contribution is 2.27. The van der Waals surface area contributed by atoms with E-state index < -0.39 is 35.0 Å². The van der Waals surface area contributed by atoms with E-state index >= 15 is 0 Å². The fraction of sp³-hybridized carbons (Fsp3) is 0.302. The number of carbonyl (C=O) groups excluding carboxylic acids is 3. The molecule has 0 aliphatic carbocycles. The van der Waals surface area contributed by atoms with Gasteiger partial charge in [0.05, 0.1) is 42.9 Å². The molecule has 0 aliphatic rings. The van der Waals surface area contributed by atoms with Crippen LogP contribution in [0, 0.1) is 0 Å². The standard InChI is InChI=1S/C22H28N2O3.C21H24N8O5/c1-22(2,27-16-24)13-14-26-21(25)19(15-23)20(17-9-5-3-6-10-17)18-11-7-4-8-12-18;1-2-23-15(30)8-7-14(20(33)34)27-18(31)11-3-5-12(6-4-11)24-9-13-10-25-17-16(26-13)19(32)29-21(22)28-17/h3-12H,13-16,23-24H2,1-2H3;3-6,10,14,24H,2,7-9H2,1H3,(H,23,30)(H,27,31)(H,33,34)(H3,22,25,28,29,32). The minimum Gasteiger partial charge on any atom is -0.480 e. The van der Waals surface area contributed by atoms with Crippen LogP contribution in [0.25, 0.3) is 16.7 Å². The number of rotatable bonds is 19. The molecular weight excluding hydrogens is 785 g/mol. The van der Waals surface area contributed by atoms with Crippen LogP contribution in [0.3, 0.4) is 0 Å². The second-order valence-corrected chi connectivity index (χ2v) is 14.0. The number of aromatic nitrogens is 4. The third-order valence-electron chi connectivity index (χ3n) is 9.03. The van der Waals surface area contributed by atoms with Crippen LogP contribution in [0.2, 0.25) is 0 Å². The van der Waals surface area contributed by atoms with Gasteiger partial charge in [-0.05, 0) is 62.6 Å². The van der Waals surface area contributed by atoms with Gasteiger partial charge in [-0.2, -0.15) is 4.98 Å². The number of hydrogen-bond donors (Lipinski definition) is 8. The van der Waals surface area contributed by atoms with E-state index in [9.17, 15) is 29.1 Å². The summed E-state index contributed by atoms with van der Waals surface area (Å²) in [4.78, 5) is 74.8. The minimum atomic E-state index is -1.22. The van der Waals surface area contributed by atoms with Crippen LogP contribution < -0.4 is 38.7 Å². The van der Waals surface area contributed by atoms with Gasteiger partial charge >= 0.3 is 11.9 Å². The second-order valence-electron chi connectivity index (χ2n) is 14.0. The van der Waals surface area contributed by atoms with Crippen molar-refractivity contribution in [3.63, 3.8) is 0 Å². The number of anilines is 2. The lowest BCUT2D eigenvalue weighted by molar-refractivity contribution is -0.141. The first-order chi connectivity index (χ1) is 29.2. The molecule has 0 radical (unpaired) electrons. The van der Waals surface area contributed by atoms with Crippen LogP contribution in [0.4, 0.5) is 11.6 Å². The predicted octanol–water partition coefficient (Wildman–Crippen LogP) is 3.10. The fourth-order valence-electron chi connectivity index (χ4n) is 5.83. The maximum Gasteiger partial charge on any atom is 0.335 e. The molecule has 18 heteroatoms. The predicted molar refractivity (Wildman–Crippen MR) is 231 cm³/mol. The molecule has 2 amide bonds. The van der Waals surface area contributed by atoms with Gasteiger partial charge in [-0.15, -0.1) is 0 Å². The SMILES string of the molecule is CC(C)(CCOC(=O)C(CN)=C(c1ccccc1)c1ccccc1)OCN.CCNC(=O)CCC(NC(=O)c1ccc(NCc2cnc3nc(N)[nH]c(=O)c3n2)cc1)C(=O)O. The number of aliphatic carboxylic acids is 1. The van der Waals surface area contributed by atoms with E-state index in [0.717, 1.165) is 16.7 Å². The van der Waals surface area contributed by atoms with E-state index in [1.165, 1.54) is 18.3 Å². The number of esters is 1. The topological polar surface area (TPSA) is 293 Å². The second kappa shape index (κ2) is 22.9. The number of nitrogens with two attached hydrogens (primary N) is 3. The van der Waals surface area contributed by atoms with Crippen molar-refractivity contribution in [2.45, 2.75) is 58.2 Å². The number of aromatic amines is 1. The van der Waals surface area contributed by atoms with Crippen molar-refractivity contribution in [1.82, 2.24) is 30.6 Å². The van der Waals surface area contributed by atoms with E-state index in [2.05, 4.69) is 35.9 Å². The van der Waals surface area contributed by atoms with E-state index in [4.69, 9.17) is 26.7 Å². The molecule has 11 N–H and O–H groups in total. The number of H-pyrrole nitrogens is 1. The Hall–Kier alpha value is -7.02. The van der Waals surface area contributed by atoms with Crippen molar-refractivity contribution in [2.24, 2.45) is 11.5 Å². The first kappa shape index (κ1) is 46.7. The Morgan fingerprint density at radius 2 is 1.54 bits per heavy atom. The third-order valence-corrected chi connectivity index (χ3v) is 9.03. The van der Waals surface area contributed by atoms with Gasteiger partial charge in [0.15, 0.2) is 11.2 Å². The summed E-state index contributed by atoms with van der Waals surface area (Å²) in [6.45, 7) is 6.71. The lowest BCUT2D eigenvalue weighted by Gasteiger charge is -2.24. The number of carboxylic acid groups (broad SMARTS) is 1. The molecule has 2 heterocycles. The monoisotopic (exact) mass is 836 g/mol. The zero-order valence-corrected chi connectivity index (χ0v) is 34.3. The van der Waals surface area contributed by atoms with E-state index in [1.807, 2.05) is 74.5 Å². The van der Waals surface area contributed by atoms with Crippen LogP contribution in [0.5, 0.6) is 0 Å². The van der Waals surface area contributed by atoms with Gasteiger partial charge in [-0.3, -0.25) is 19.4 Å². The molecule has 5 aromatic rings. The Balaban J connectivity index is 0.000000276. The molecule has 1 unspecified atom stereocenters. The normalized spacial score (nSPS) is 11.4. The average molecular weight is 837 g/mol. The van der Waals surface area contributed by atoms with E-state index in [1.54, 1.807) is 19.1 Å². The molecule has 322 valence electrons. The first-order valence-corrected chi connectivity index (χ1v) is 19.5. The molecule has 1 atom stereocenters. The lowest BCUT2D eigenvalue weighted by atomic mass is 9.93. The summed E-state index contributed by atoms with van der Waals surface area (Å²) < 4.78 is 10.9. The number of nitrogens with zero attached hydrogens (tertiary/aromatic N) is 3. The Morgan fingerprint density at radius 3 is 2.11 bits per heavy atom. The van der Waals surface area contributed by atoms with Gasteiger partial charge in [0.2, 0.25) is 11.9 Å². The van der Waals surface area contributed by atoms with Crippen molar-refractivity contribution in [3.8, 4) is 0 Å². The summed E-state index contributed by atoms with van der Waals surface area (Å²) >= 11 is 0. The summed E-state index contributed by atoms with van der Waals surface area (Å²) in [5, 5.41) is 17.4. The van der Waals surface area contributed by atoms with Crippen molar-refractivity contribution < 1.29 is 33.8 Å². The zero-order chi connectivity index (χ0) is 44.4. The largest absolute Gasteiger partial charge is 0.480 e. The van der Waals surface area contributed by atoms with Crippen molar-refractivity contribution in [1.29, 1.82) is 0 Å². The third kappa shape index (κ3) is 14.3. The Bertz CT molecular complexity index is 2300. The van der Waals surface area contributed by atoms with Crippen LogP contribution in [0.1, 0.15) is 67.2 Å². The van der Waals surface area contributed by atoms with Crippen LogP contribution in [0.15, 0.2) is 101 Å². The van der Waals surface area contributed by atoms with Crippen LogP contribution in [-0.2, 0) is 30.4 Å². The van der Waals surface area contributed by atoms with Gasteiger partial charge < -0.3 is 47.7 Å². The number of fused-ring (bicyclic) bond motifs is 1. The summed E-state index contributed by atoms with van der Waals surface area (Å²) in [5.41, 5.74) is 20.6. The van der Waals surface area contributed by atoms with Gasteiger partial charge in [0.25, 0.3) is 11.5 Å². The lowest BCUT2D eigenvalue weighted by Crippen LogP contribution is -2.41. The van der Waals surface area contributed by atoms with E-state index in [0.29, 0.717) is 29.9 Å². The molecule has 0 aliphatic heterocycles. The molecule has 5 rings (SSSR count). The van der Waals surface area contributed by atoms with Crippen molar-refractivity contribution in [2.75, 3.05) is 37.5 Å². The molecule has 18 nitrogen and oxygen atoms in total. The van der Waals surface area contributed by atoms with Gasteiger partial charge in [0.1, 0.15) is 6.04 Å². The molecule has 0 saturated heterocycles. The molecule has 3 aromatic carbocycles. The number of carboxylic acids is 1. The van der Waals surface area contributed by atoms with Gasteiger partial charge in [0, 0.05) is 42.8 Å². The Kier molecular flexibility index (Phi) is 17.6.